The second-order valence-corrected chi connectivity index (χ2v) is 6.61. The van der Waals surface area contributed by atoms with Gasteiger partial charge in [0, 0.05) is 11.6 Å². The first-order valence-corrected chi connectivity index (χ1v) is 7.82. The van der Waals surface area contributed by atoms with Crippen LogP contribution in [-0.4, -0.2) is 11.6 Å². The van der Waals surface area contributed by atoms with Crippen molar-refractivity contribution < 1.29 is 9.21 Å². The van der Waals surface area contributed by atoms with Crippen LogP contribution in [0.2, 0.25) is 0 Å². The van der Waals surface area contributed by atoms with Gasteiger partial charge in [-0.25, -0.2) is 5.43 Å². The number of rotatable bonds is 3. The number of carbonyl (C=O) groups excluding carboxylic acids is 1. The fraction of sp³-hybridized carbons (Fsp3) is 0.647. The van der Waals surface area contributed by atoms with Crippen LogP contribution in [0.3, 0.4) is 0 Å². The molecule has 0 bridgehead atoms. The van der Waals surface area contributed by atoms with Crippen molar-refractivity contribution in [2.45, 2.75) is 53.9 Å². The lowest BCUT2D eigenvalue weighted by Crippen LogP contribution is -2.31. The smallest absolute Gasteiger partial charge is 0.274 e. The van der Waals surface area contributed by atoms with Crippen molar-refractivity contribution in [3.05, 3.63) is 23.2 Å². The highest BCUT2D eigenvalue weighted by Gasteiger charge is 2.27. The fourth-order valence-corrected chi connectivity index (χ4v) is 3.13. The van der Waals surface area contributed by atoms with E-state index in [-0.39, 0.29) is 5.91 Å². The van der Waals surface area contributed by atoms with E-state index in [1.165, 1.54) is 6.42 Å². The van der Waals surface area contributed by atoms with Gasteiger partial charge in [-0.05, 0) is 51.0 Å². The third-order valence-corrected chi connectivity index (χ3v) is 4.35. The Morgan fingerprint density at radius 1 is 1.38 bits per heavy atom. The molecular weight excluding hydrogens is 264 g/mol. The summed E-state index contributed by atoms with van der Waals surface area (Å²) in [7, 11) is 0. The average molecular weight is 290 g/mol. The topological polar surface area (TPSA) is 54.6 Å². The number of nitrogens with one attached hydrogen (secondary N) is 1. The Bertz CT molecular complexity index is 543. The lowest BCUT2D eigenvalue weighted by Gasteiger charge is -2.30. The zero-order valence-corrected chi connectivity index (χ0v) is 13.7. The molecule has 0 spiro atoms. The number of nitrogens with zero attached hydrogens (tertiary/aromatic N) is 1. The number of hydrogen-bond acceptors (Lipinski definition) is 3. The Morgan fingerprint density at radius 2 is 2.10 bits per heavy atom. The van der Waals surface area contributed by atoms with Gasteiger partial charge in [-0.3, -0.25) is 4.79 Å². The average Bonchev–Trinajstić information content (AvgIpc) is 2.74. The molecule has 4 heteroatoms. The van der Waals surface area contributed by atoms with Gasteiger partial charge in [0.1, 0.15) is 11.5 Å². The first-order valence-electron chi connectivity index (χ1n) is 7.82. The summed E-state index contributed by atoms with van der Waals surface area (Å²) in [5.74, 6) is 2.89. The molecule has 1 aromatic rings. The lowest BCUT2D eigenvalue weighted by molar-refractivity contribution is 0.0952. The van der Waals surface area contributed by atoms with Gasteiger partial charge in [0.25, 0.3) is 5.91 Å². The highest BCUT2D eigenvalue weighted by atomic mass is 16.3. The first-order chi connectivity index (χ1) is 9.88. The SMILES string of the molecule is Cc1cc(C(=O)NN=C2C[C@@H](C)CC[C@H]2C(C)C)c(C)o1. The molecule has 1 saturated carbocycles. The predicted molar refractivity (Wildman–Crippen MR) is 84.4 cm³/mol. The second kappa shape index (κ2) is 6.46. The van der Waals surface area contributed by atoms with E-state index < -0.39 is 0 Å². The van der Waals surface area contributed by atoms with Crippen molar-refractivity contribution in [3.8, 4) is 0 Å². The van der Waals surface area contributed by atoms with Crippen LogP contribution in [0, 0.1) is 31.6 Å². The van der Waals surface area contributed by atoms with E-state index in [1.807, 2.05) is 6.92 Å². The Hall–Kier alpha value is -1.58. The standard InChI is InChI=1S/C17H26N2O2/c1-10(2)14-7-6-11(3)8-16(14)18-19-17(20)15-9-12(4)21-13(15)5/h9-11,14H,6-8H2,1-5H3,(H,19,20)/t11-,14-/m0/s1. The molecule has 1 amide bonds. The molecule has 116 valence electrons. The van der Waals surface area contributed by atoms with Crippen molar-refractivity contribution in [1.82, 2.24) is 5.43 Å². The molecule has 4 nitrogen and oxygen atoms in total. The molecule has 1 aromatic heterocycles. The minimum absolute atomic E-state index is 0.183. The van der Waals surface area contributed by atoms with E-state index in [0.29, 0.717) is 29.1 Å². The summed E-state index contributed by atoms with van der Waals surface area (Å²) in [6.45, 7) is 10.3. The van der Waals surface area contributed by atoms with Crippen LogP contribution < -0.4 is 5.43 Å². The molecule has 1 aliphatic rings. The fourth-order valence-electron chi connectivity index (χ4n) is 3.13. The van der Waals surface area contributed by atoms with Crippen LogP contribution in [0.15, 0.2) is 15.6 Å². The molecule has 2 rings (SSSR count). The largest absolute Gasteiger partial charge is 0.466 e. The first kappa shape index (κ1) is 15.8. The highest BCUT2D eigenvalue weighted by molar-refractivity contribution is 5.96. The van der Waals surface area contributed by atoms with Crippen molar-refractivity contribution in [2.24, 2.45) is 22.9 Å². The van der Waals surface area contributed by atoms with E-state index in [9.17, 15) is 4.79 Å². The van der Waals surface area contributed by atoms with Crippen molar-refractivity contribution in [1.29, 1.82) is 0 Å². The van der Waals surface area contributed by atoms with Gasteiger partial charge in [-0.15, -0.1) is 0 Å². The molecule has 0 saturated heterocycles. The minimum Gasteiger partial charge on any atom is -0.466 e. The maximum Gasteiger partial charge on any atom is 0.274 e. The molecule has 2 atom stereocenters. The van der Waals surface area contributed by atoms with E-state index in [2.05, 4.69) is 31.3 Å². The molecular formula is C17H26N2O2. The summed E-state index contributed by atoms with van der Waals surface area (Å²) in [4.78, 5) is 12.2. The Morgan fingerprint density at radius 3 is 2.67 bits per heavy atom. The summed E-state index contributed by atoms with van der Waals surface area (Å²) < 4.78 is 5.39. The Kier molecular flexibility index (Phi) is 4.86. The summed E-state index contributed by atoms with van der Waals surface area (Å²) in [6, 6.07) is 1.76. The molecule has 21 heavy (non-hydrogen) atoms. The van der Waals surface area contributed by atoms with E-state index >= 15 is 0 Å². The van der Waals surface area contributed by atoms with Crippen LogP contribution in [0.1, 0.15) is 61.9 Å². The number of carbonyl (C=O) groups is 1. The van der Waals surface area contributed by atoms with Crippen LogP contribution >= 0.6 is 0 Å². The number of furan rings is 1. The normalized spacial score (nSPS) is 24.6. The number of amides is 1. The monoisotopic (exact) mass is 290 g/mol. The minimum atomic E-state index is -0.183. The lowest BCUT2D eigenvalue weighted by atomic mass is 9.76. The predicted octanol–water partition coefficient (Wildman–Crippen LogP) is 4.07. The van der Waals surface area contributed by atoms with E-state index in [1.54, 1.807) is 13.0 Å². The van der Waals surface area contributed by atoms with Gasteiger partial charge < -0.3 is 4.42 Å². The van der Waals surface area contributed by atoms with Crippen LogP contribution in [0.5, 0.6) is 0 Å². The molecule has 1 heterocycles. The van der Waals surface area contributed by atoms with Gasteiger partial charge in [0.05, 0.1) is 5.56 Å². The highest BCUT2D eigenvalue weighted by Crippen LogP contribution is 2.31. The maximum atomic E-state index is 12.2. The molecule has 0 unspecified atom stereocenters. The maximum absolute atomic E-state index is 12.2. The Balaban J connectivity index is 2.10. The van der Waals surface area contributed by atoms with Crippen molar-refractivity contribution in [2.75, 3.05) is 0 Å². The summed E-state index contributed by atoms with van der Waals surface area (Å²) in [6.07, 6.45) is 3.39. The summed E-state index contributed by atoms with van der Waals surface area (Å²) in [5.41, 5.74) is 4.42. The number of hydrogen-bond donors (Lipinski definition) is 1. The number of aryl methyl sites for hydroxylation is 2. The van der Waals surface area contributed by atoms with Crippen molar-refractivity contribution >= 4 is 11.6 Å². The van der Waals surface area contributed by atoms with Crippen LogP contribution in [0.4, 0.5) is 0 Å². The third-order valence-electron chi connectivity index (χ3n) is 4.35. The zero-order chi connectivity index (χ0) is 15.6. The molecule has 0 aliphatic heterocycles. The molecule has 1 aliphatic carbocycles. The summed E-state index contributed by atoms with van der Waals surface area (Å²) >= 11 is 0. The molecule has 0 radical (unpaired) electrons. The molecule has 0 aromatic carbocycles. The third kappa shape index (κ3) is 3.74. The molecule has 1 N–H and O–H groups in total. The molecule has 1 fully saturated rings. The van der Waals surface area contributed by atoms with Crippen molar-refractivity contribution in [3.63, 3.8) is 0 Å². The van der Waals surface area contributed by atoms with Crippen LogP contribution in [-0.2, 0) is 0 Å². The summed E-state index contributed by atoms with van der Waals surface area (Å²) in [5, 5.41) is 4.44. The van der Waals surface area contributed by atoms with Gasteiger partial charge in [0.15, 0.2) is 0 Å². The van der Waals surface area contributed by atoms with Crippen LogP contribution in [0.25, 0.3) is 0 Å². The number of hydrazone groups is 1. The van der Waals surface area contributed by atoms with E-state index in [4.69, 9.17) is 4.42 Å². The zero-order valence-electron chi connectivity index (χ0n) is 13.7. The Labute approximate surface area is 127 Å². The quantitative estimate of drug-likeness (QED) is 0.853. The van der Waals surface area contributed by atoms with Gasteiger partial charge >= 0.3 is 0 Å². The van der Waals surface area contributed by atoms with Gasteiger partial charge in [-0.1, -0.05) is 20.8 Å². The van der Waals surface area contributed by atoms with Gasteiger partial charge in [-0.2, -0.15) is 5.10 Å². The van der Waals surface area contributed by atoms with Gasteiger partial charge in [0.2, 0.25) is 0 Å². The van der Waals surface area contributed by atoms with E-state index in [0.717, 1.165) is 24.3 Å². The second-order valence-electron chi connectivity index (χ2n) is 6.61.